The zero-order chi connectivity index (χ0) is 23.3. The topological polar surface area (TPSA) is 103 Å². The molecule has 0 unspecified atom stereocenters. The Balaban J connectivity index is 2.00. The number of anilines is 2. The Morgan fingerprint density at radius 2 is 2.03 bits per heavy atom. The first-order chi connectivity index (χ1) is 15.2. The Labute approximate surface area is 174 Å². The van der Waals surface area contributed by atoms with Crippen molar-refractivity contribution in [1.82, 2.24) is 25.1 Å². The van der Waals surface area contributed by atoms with E-state index >= 15 is 0 Å². The molecular formula is C21H24N6O2. The summed E-state index contributed by atoms with van der Waals surface area (Å²) in [5.74, 6) is 0.836. The average Bonchev–Trinajstić information content (AvgIpc) is 2.72. The monoisotopic (exact) mass is 395 g/mol. The lowest BCUT2D eigenvalue weighted by atomic mass is 10.1. The van der Waals surface area contributed by atoms with Gasteiger partial charge in [-0.3, -0.25) is 4.79 Å². The predicted molar refractivity (Wildman–Crippen MR) is 110 cm³/mol. The van der Waals surface area contributed by atoms with Crippen LogP contribution in [0.15, 0.2) is 30.5 Å². The predicted octanol–water partition coefficient (Wildman–Crippen LogP) is 3.47. The molecule has 0 spiro atoms. The molecule has 3 rings (SSSR count). The third-order valence-corrected chi connectivity index (χ3v) is 4.18. The van der Waals surface area contributed by atoms with E-state index in [1.807, 2.05) is 19.9 Å². The molecule has 29 heavy (non-hydrogen) atoms. The molecule has 0 fully saturated rings. The molecule has 8 nitrogen and oxygen atoms in total. The van der Waals surface area contributed by atoms with E-state index in [1.54, 1.807) is 24.4 Å². The van der Waals surface area contributed by atoms with Crippen LogP contribution in [-0.2, 0) is 12.8 Å². The van der Waals surface area contributed by atoms with Crippen LogP contribution < -0.4 is 10.1 Å². The highest BCUT2D eigenvalue weighted by molar-refractivity contribution is 5.99. The van der Waals surface area contributed by atoms with Crippen molar-refractivity contribution in [3.63, 3.8) is 0 Å². The molecule has 150 valence electrons. The van der Waals surface area contributed by atoms with E-state index in [0.29, 0.717) is 35.2 Å². The van der Waals surface area contributed by atoms with Gasteiger partial charge in [0.1, 0.15) is 5.82 Å². The third kappa shape index (κ3) is 4.90. The van der Waals surface area contributed by atoms with Crippen molar-refractivity contribution in [1.29, 1.82) is 0 Å². The van der Waals surface area contributed by atoms with Gasteiger partial charge in [-0.15, -0.1) is 5.10 Å². The van der Waals surface area contributed by atoms with Crippen molar-refractivity contribution < 1.29 is 13.6 Å². The Morgan fingerprint density at radius 1 is 1.21 bits per heavy atom. The van der Waals surface area contributed by atoms with Crippen LogP contribution in [0.2, 0.25) is 0 Å². The van der Waals surface area contributed by atoms with Crippen LogP contribution in [0, 0.1) is 6.92 Å². The molecule has 0 amide bonds. The number of aryl methyl sites for hydroxylation is 2. The van der Waals surface area contributed by atoms with Crippen LogP contribution in [0.25, 0.3) is 0 Å². The quantitative estimate of drug-likeness (QED) is 0.578. The molecule has 0 aliphatic rings. The number of methoxy groups -OCH3 is 1. The van der Waals surface area contributed by atoms with Crippen molar-refractivity contribution in [2.24, 2.45) is 0 Å². The number of Topliss-reactive ketones (excluding diaryl/α,β-unsaturated/α-hetero) is 1. The summed E-state index contributed by atoms with van der Waals surface area (Å²) in [5, 5.41) is 11.2. The molecule has 3 heterocycles. The molecule has 0 atom stereocenters. The van der Waals surface area contributed by atoms with Crippen molar-refractivity contribution in [2.45, 2.75) is 40.0 Å². The van der Waals surface area contributed by atoms with Gasteiger partial charge in [-0.05, 0) is 37.6 Å². The fourth-order valence-electron chi connectivity index (χ4n) is 2.83. The second kappa shape index (κ2) is 9.18. The number of carbonyl (C=O) groups is 1. The minimum Gasteiger partial charge on any atom is -0.493 e. The Kier molecular flexibility index (Phi) is 5.23. The van der Waals surface area contributed by atoms with Crippen LogP contribution in [0.3, 0.4) is 0 Å². The summed E-state index contributed by atoms with van der Waals surface area (Å²) in [7, 11) is 1.50. The van der Waals surface area contributed by atoms with Gasteiger partial charge in [0.15, 0.2) is 23.0 Å². The normalized spacial score (nSPS) is 12.6. The third-order valence-electron chi connectivity index (χ3n) is 4.18. The largest absolute Gasteiger partial charge is 0.493 e. The summed E-state index contributed by atoms with van der Waals surface area (Å²) in [6, 6.07) is 6.97. The first-order valence-corrected chi connectivity index (χ1v) is 9.17. The summed E-state index contributed by atoms with van der Waals surface area (Å²) in [5.41, 5.74) is 2.45. The van der Waals surface area contributed by atoms with Gasteiger partial charge < -0.3 is 10.1 Å². The van der Waals surface area contributed by atoms with Gasteiger partial charge in [0.2, 0.25) is 0 Å². The van der Waals surface area contributed by atoms with Crippen molar-refractivity contribution in [3.8, 4) is 5.75 Å². The number of aromatic nitrogens is 5. The maximum atomic E-state index is 12.6. The number of hydrogen-bond acceptors (Lipinski definition) is 8. The molecule has 0 saturated heterocycles. The summed E-state index contributed by atoms with van der Waals surface area (Å²) >= 11 is 0. The number of ketones is 1. The molecule has 3 aromatic rings. The van der Waals surface area contributed by atoms with E-state index in [2.05, 4.69) is 30.5 Å². The number of rotatable bonds is 8. The Bertz CT molecular complexity index is 1120. The van der Waals surface area contributed by atoms with Gasteiger partial charge in [0, 0.05) is 28.8 Å². The van der Waals surface area contributed by atoms with Crippen LogP contribution in [0.1, 0.15) is 57.7 Å². The summed E-state index contributed by atoms with van der Waals surface area (Å²) in [6.07, 6.45) is 2.06. The smallest absolute Gasteiger partial charge is 0.184 e. The molecule has 0 radical (unpaired) electrons. The van der Waals surface area contributed by atoms with E-state index in [9.17, 15) is 4.79 Å². The van der Waals surface area contributed by atoms with Gasteiger partial charge in [0.25, 0.3) is 0 Å². The van der Waals surface area contributed by atoms with Crippen LogP contribution in [0.4, 0.5) is 11.5 Å². The average molecular weight is 395 g/mol. The molecule has 0 aliphatic heterocycles. The molecular weight excluding hydrogens is 368 g/mol. The molecule has 1 N–H and O–H groups in total. The highest BCUT2D eigenvalue weighted by atomic mass is 16.5. The van der Waals surface area contributed by atoms with Gasteiger partial charge in [-0.1, -0.05) is 13.8 Å². The minimum absolute atomic E-state index is 0.0781. The van der Waals surface area contributed by atoms with E-state index in [0.717, 1.165) is 17.8 Å². The maximum absolute atomic E-state index is 12.6. The zero-order valence-electron chi connectivity index (χ0n) is 19.6. The number of pyridine rings is 1. The molecule has 8 heteroatoms. The van der Waals surface area contributed by atoms with Crippen molar-refractivity contribution in [2.75, 3.05) is 12.4 Å². The summed E-state index contributed by atoms with van der Waals surface area (Å²) in [4.78, 5) is 25.7. The number of nitrogens with zero attached hydrogens (tertiary/aromatic N) is 5. The lowest BCUT2D eigenvalue weighted by Crippen LogP contribution is -2.11. The van der Waals surface area contributed by atoms with Crippen LogP contribution in [-0.4, -0.2) is 38.0 Å². The SMILES string of the molecule is [2H]C([2H])([2H])CC(=O)c1nnc(Cc2cc(CC)nc(C)n2)cc1Nc1ncccc1OC. The van der Waals surface area contributed by atoms with Crippen molar-refractivity contribution >= 4 is 17.3 Å². The molecule has 0 aliphatic carbocycles. The Morgan fingerprint density at radius 3 is 2.79 bits per heavy atom. The van der Waals surface area contributed by atoms with Gasteiger partial charge in [-0.25, -0.2) is 15.0 Å². The summed E-state index contributed by atoms with van der Waals surface area (Å²) < 4.78 is 27.6. The van der Waals surface area contributed by atoms with E-state index < -0.39 is 19.1 Å². The fraction of sp³-hybridized carbons (Fsp3) is 0.333. The second-order valence-electron chi connectivity index (χ2n) is 6.31. The Hall–Kier alpha value is -3.42. The fourth-order valence-corrected chi connectivity index (χ4v) is 2.83. The standard InChI is InChI=1S/C21H24N6O2/c1-5-14-10-15(24-13(3)23-14)11-16-12-17(20(27-26-16)18(28)6-2)25-21-19(29-4)8-7-9-22-21/h7-10,12H,5-6,11H2,1-4H3,(H,22,25,26)/i2D3. The van der Waals surface area contributed by atoms with Gasteiger partial charge in [-0.2, -0.15) is 5.10 Å². The van der Waals surface area contributed by atoms with Crippen molar-refractivity contribution in [3.05, 3.63) is 59.1 Å². The molecule has 3 aromatic heterocycles. The maximum Gasteiger partial charge on any atom is 0.184 e. The minimum atomic E-state index is -2.42. The van der Waals surface area contributed by atoms with E-state index in [4.69, 9.17) is 8.85 Å². The number of ether oxygens (including phenoxy) is 1. The van der Waals surface area contributed by atoms with E-state index in [1.165, 1.54) is 7.11 Å². The number of nitrogens with one attached hydrogen (secondary N) is 1. The molecule has 0 aromatic carbocycles. The highest BCUT2D eigenvalue weighted by Gasteiger charge is 2.16. The van der Waals surface area contributed by atoms with E-state index in [-0.39, 0.29) is 5.69 Å². The van der Waals surface area contributed by atoms with Crippen LogP contribution in [0.5, 0.6) is 5.75 Å². The second-order valence-corrected chi connectivity index (χ2v) is 6.31. The van der Waals surface area contributed by atoms with Gasteiger partial charge in [0.05, 0.1) is 24.2 Å². The molecule has 0 bridgehead atoms. The lowest BCUT2D eigenvalue weighted by Gasteiger charge is -2.13. The number of hydrogen-bond donors (Lipinski definition) is 1. The highest BCUT2D eigenvalue weighted by Crippen LogP contribution is 2.27. The zero-order valence-corrected chi connectivity index (χ0v) is 16.6. The summed E-state index contributed by atoms with van der Waals surface area (Å²) in [6.45, 7) is 1.41. The molecule has 0 saturated carbocycles. The van der Waals surface area contributed by atoms with Gasteiger partial charge >= 0.3 is 0 Å². The van der Waals surface area contributed by atoms with Crippen LogP contribution >= 0.6 is 0 Å². The lowest BCUT2D eigenvalue weighted by molar-refractivity contribution is 0.0983. The number of carbonyl (C=O) groups excluding carboxylic acids is 1. The first-order valence-electron chi connectivity index (χ1n) is 10.7. The first kappa shape index (κ1) is 16.5.